The van der Waals surface area contributed by atoms with Crippen LogP contribution >= 0.6 is 0 Å². The third kappa shape index (κ3) is 2.95. The maximum atomic E-state index is 12.5. The number of aromatic nitrogens is 2. The number of rotatable bonds is 2. The molecule has 0 atom stereocenters. The van der Waals surface area contributed by atoms with Crippen molar-refractivity contribution >= 4 is 17.3 Å². The molecule has 1 aliphatic rings. The molecule has 0 unspecified atom stereocenters. The van der Waals surface area contributed by atoms with Crippen LogP contribution in [0.15, 0.2) is 52.7 Å². The van der Waals surface area contributed by atoms with Gasteiger partial charge in [0.1, 0.15) is 6.07 Å². The Morgan fingerprint density at radius 3 is 2.73 bits per heavy atom. The summed E-state index contributed by atoms with van der Waals surface area (Å²) in [4.78, 5) is 16.4. The second-order valence-electron chi connectivity index (χ2n) is 4.32. The van der Waals surface area contributed by atoms with Gasteiger partial charge in [-0.3, -0.25) is 15.3 Å². The minimum Gasteiger partial charge on any atom is -0.360 e. The van der Waals surface area contributed by atoms with Crippen molar-refractivity contribution in [2.75, 3.05) is 0 Å². The van der Waals surface area contributed by atoms with Gasteiger partial charge in [0.05, 0.1) is 11.5 Å². The Hall–Kier alpha value is -1.63. The van der Waals surface area contributed by atoms with Crippen molar-refractivity contribution in [3.63, 3.8) is 0 Å². The van der Waals surface area contributed by atoms with Gasteiger partial charge in [-0.05, 0) is 12.6 Å². The number of benzene rings is 1. The van der Waals surface area contributed by atoms with Crippen LogP contribution in [0, 0.1) is 11.3 Å². The van der Waals surface area contributed by atoms with Crippen LogP contribution in [0.3, 0.4) is 0 Å². The van der Waals surface area contributed by atoms with E-state index in [-0.39, 0.29) is 74.4 Å². The molecule has 0 spiro atoms. The first-order chi connectivity index (χ1) is 10.2. The number of Topliss-reactive ketones (excluding diaryl/α,β-unsaturated/α-hetero) is 1. The maximum Gasteiger partial charge on any atom is 1.00 e. The SMILES string of the molecule is CC1=C(C(=O)c2ccccc2)N=N[N-]c2c(C#N)ncn21.[K+]. The van der Waals surface area contributed by atoms with Gasteiger partial charge in [-0.25, -0.2) is 4.98 Å². The number of fused-ring (bicyclic) bond motifs is 1. The minimum absolute atomic E-state index is 0. The Morgan fingerprint density at radius 1 is 1.32 bits per heavy atom. The summed E-state index contributed by atoms with van der Waals surface area (Å²) in [5.74, 6) is 0.0155. The standard InChI is InChI=1S/C14H9N6O.K/c1-9-12(13(21)10-5-3-2-4-6-10)17-19-18-14-11(7-15)16-8-20(9)14;/h2-6,8H,1H3;/q-1;+1. The third-order valence-corrected chi connectivity index (χ3v) is 3.09. The van der Waals surface area contributed by atoms with Crippen molar-refractivity contribution in [2.24, 2.45) is 10.3 Å². The molecule has 0 saturated heterocycles. The van der Waals surface area contributed by atoms with E-state index in [1.807, 2.05) is 12.1 Å². The fourth-order valence-corrected chi connectivity index (χ4v) is 1.99. The Bertz CT molecular complexity index is 816. The molecule has 0 fully saturated rings. The Kier molecular flexibility index (Phi) is 5.39. The van der Waals surface area contributed by atoms with Crippen LogP contribution in [0.5, 0.6) is 0 Å². The summed E-state index contributed by atoms with van der Waals surface area (Å²) in [7, 11) is 0. The van der Waals surface area contributed by atoms with Crippen LogP contribution in [0.1, 0.15) is 23.0 Å². The van der Waals surface area contributed by atoms with Crippen LogP contribution < -0.4 is 51.4 Å². The normalized spacial score (nSPS) is 12.5. The maximum absolute atomic E-state index is 12.5. The topological polar surface area (TPSA) is 97.5 Å². The molecule has 0 bridgehead atoms. The number of carbonyl (C=O) groups is 1. The molecule has 2 heterocycles. The number of hydrogen-bond acceptors (Lipinski definition) is 5. The summed E-state index contributed by atoms with van der Waals surface area (Å²) >= 11 is 0. The van der Waals surface area contributed by atoms with Crippen LogP contribution in [0.4, 0.5) is 5.82 Å². The number of nitriles is 1. The molecule has 7 nitrogen and oxygen atoms in total. The van der Waals surface area contributed by atoms with Gasteiger partial charge in [0.25, 0.3) is 0 Å². The van der Waals surface area contributed by atoms with E-state index in [9.17, 15) is 4.79 Å². The smallest absolute Gasteiger partial charge is 0.360 e. The van der Waals surface area contributed by atoms with Gasteiger partial charge in [0.15, 0.2) is 11.5 Å². The van der Waals surface area contributed by atoms with Crippen molar-refractivity contribution in [1.29, 1.82) is 5.26 Å². The number of carbonyl (C=O) groups excluding carboxylic acids is 1. The van der Waals surface area contributed by atoms with Gasteiger partial charge in [-0.2, -0.15) is 10.5 Å². The molecule has 0 N–H and O–H groups in total. The van der Waals surface area contributed by atoms with Crippen molar-refractivity contribution < 1.29 is 56.2 Å². The zero-order valence-corrected chi connectivity index (χ0v) is 15.2. The molecule has 1 aromatic carbocycles. The van der Waals surface area contributed by atoms with Gasteiger partial charge in [0, 0.05) is 11.9 Å². The zero-order chi connectivity index (χ0) is 14.8. The molecule has 102 valence electrons. The van der Waals surface area contributed by atoms with Gasteiger partial charge >= 0.3 is 51.4 Å². The fourth-order valence-electron chi connectivity index (χ4n) is 1.99. The second kappa shape index (κ2) is 7.08. The van der Waals surface area contributed by atoms with Gasteiger partial charge in [-0.15, -0.1) is 0 Å². The molecule has 0 radical (unpaired) electrons. The summed E-state index contributed by atoms with van der Waals surface area (Å²) in [6.07, 6.45) is 1.43. The number of ketones is 1. The van der Waals surface area contributed by atoms with Crippen LogP contribution in [0.25, 0.3) is 11.1 Å². The molecular weight excluding hydrogens is 307 g/mol. The number of hydrogen-bond donors (Lipinski definition) is 0. The van der Waals surface area contributed by atoms with Crippen molar-refractivity contribution in [1.82, 2.24) is 9.55 Å². The van der Waals surface area contributed by atoms with E-state index in [1.54, 1.807) is 31.2 Å². The quantitative estimate of drug-likeness (QED) is 0.585. The molecule has 0 saturated carbocycles. The fraction of sp³-hybridized carbons (Fsp3) is 0.0714. The summed E-state index contributed by atoms with van der Waals surface area (Å²) in [5.41, 5.74) is 5.18. The van der Waals surface area contributed by atoms with E-state index in [0.717, 1.165) is 0 Å². The minimum atomic E-state index is -0.257. The van der Waals surface area contributed by atoms with E-state index in [1.165, 1.54) is 10.9 Å². The monoisotopic (exact) mass is 316 g/mol. The predicted molar refractivity (Wildman–Crippen MR) is 74.5 cm³/mol. The molecule has 22 heavy (non-hydrogen) atoms. The number of nitrogens with zero attached hydrogens (tertiary/aromatic N) is 6. The van der Waals surface area contributed by atoms with Gasteiger partial charge < -0.3 is 4.57 Å². The predicted octanol–water partition coefficient (Wildman–Crippen LogP) is 0.216. The summed E-state index contributed by atoms with van der Waals surface area (Å²) in [5, 5.41) is 16.5. The van der Waals surface area contributed by atoms with Crippen molar-refractivity contribution in [3.05, 3.63) is 59.0 Å². The Morgan fingerprint density at radius 2 is 2.05 bits per heavy atom. The molecule has 8 heteroatoms. The molecule has 1 aliphatic heterocycles. The van der Waals surface area contributed by atoms with Crippen molar-refractivity contribution in [3.8, 4) is 6.07 Å². The van der Waals surface area contributed by atoms with Gasteiger partial charge in [0.2, 0.25) is 0 Å². The summed E-state index contributed by atoms with van der Waals surface area (Å²) in [6.45, 7) is 1.71. The zero-order valence-electron chi connectivity index (χ0n) is 12.1. The molecular formula is C14H9KN6O. The van der Waals surface area contributed by atoms with E-state index >= 15 is 0 Å². The third-order valence-electron chi connectivity index (χ3n) is 3.09. The largest absolute Gasteiger partial charge is 1.00 e. The molecule has 1 aromatic heterocycles. The van der Waals surface area contributed by atoms with Crippen LogP contribution in [-0.4, -0.2) is 15.3 Å². The van der Waals surface area contributed by atoms with E-state index < -0.39 is 0 Å². The Balaban J connectivity index is 0.00000176. The molecule has 3 rings (SSSR count). The molecule has 2 aromatic rings. The Labute approximate surface area is 169 Å². The molecule has 0 amide bonds. The average Bonchev–Trinajstić information content (AvgIpc) is 2.87. The second-order valence-corrected chi connectivity index (χ2v) is 4.32. The first-order valence-electron chi connectivity index (χ1n) is 6.12. The van der Waals surface area contributed by atoms with E-state index in [0.29, 0.717) is 11.3 Å². The van der Waals surface area contributed by atoms with E-state index in [2.05, 4.69) is 20.7 Å². The van der Waals surface area contributed by atoms with Crippen LogP contribution in [0.2, 0.25) is 0 Å². The number of imidazole rings is 1. The van der Waals surface area contributed by atoms with Crippen LogP contribution in [-0.2, 0) is 0 Å². The first-order valence-corrected chi connectivity index (χ1v) is 6.12. The number of allylic oxidation sites excluding steroid dienone is 2. The summed E-state index contributed by atoms with van der Waals surface area (Å²) < 4.78 is 1.54. The van der Waals surface area contributed by atoms with Crippen molar-refractivity contribution in [2.45, 2.75) is 6.92 Å². The average molecular weight is 316 g/mol. The first kappa shape index (κ1) is 16.7. The van der Waals surface area contributed by atoms with Gasteiger partial charge in [-0.1, -0.05) is 30.3 Å². The molecule has 0 aliphatic carbocycles. The van der Waals surface area contributed by atoms with E-state index in [4.69, 9.17) is 5.26 Å². The summed E-state index contributed by atoms with van der Waals surface area (Å²) in [6, 6.07) is 10.7.